The molecule has 0 radical (unpaired) electrons. The molecule has 2 aromatic carbocycles. The predicted octanol–water partition coefficient (Wildman–Crippen LogP) is 4.62. The number of aromatic nitrogens is 2. The summed E-state index contributed by atoms with van der Waals surface area (Å²) in [5, 5.41) is 9.99. The van der Waals surface area contributed by atoms with Gasteiger partial charge in [0.2, 0.25) is 0 Å². The maximum Gasteiger partial charge on any atom is 0.406 e. The fourth-order valence-electron chi connectivity index (χ4n) is 3.17. The van der Waals surface area contributed by atoms with Crippen molar-refractivity contribution in [2.75, 3.05) is 19.0 Å². The Hall–Kier alpha value is -3.94. The van der Waals surface area contributed by atoms with Gasteiger partial charge in [-0.15, -0.1) is 29.1 Å². The number of nitrogens with one attached hydrogen (secondary N) is 3. The van der Waals surface area contributed by atoms with Gasteiger partial charge in [0.25, 0.3) is 0 Å². The lowest BCUT2D eigenvalue weighted by Crippen LogP contribution is -2.36. The number of thiazole rings is 2. The fraction of sp³-hybridized carbons (Fsp3) is 0.130. The molecule has 166 valence electrons. The number of rotatable bonds is 6. The van der Waals surface area contributed by atoms with E-state index in [0.717, 1.165) is 26.9 Å². The number of carbonyl (C=O) groups excluding carboxylic acids is 2. The second-order valence-corrected chi connectivity index (χ2v) is 8.52. The van der Waals surface area contributed by atoms with E-state index in [2.05, 4.69) is 31.8 Å². The van der Waals surface area contributed by atoms with Gasteiger partial charge < -0.3 is 15.4 Å². The molecule has 0 bridgehead atoms. The van der Waals surface area contributed by atoms with Crippen molar-refractivity contribution < 1.29 is 14.3 Å². The molecule has 3 amide bonds. The van der Waals surface area contributed by atoms with Crippen LogP contribution in [0.3, 0.4) is 0 Å². The first kappa shape index (κ1) is 22.3. The van der Waals surface area contributed by atoms with Crippen LogP contribution in [-0.4, -0.2) is 35.7 Å². The van der Waals surface area contributed by atoms with Gasteiger partial charge in [0.1, 0.15) is 12.4 Å². The Morgan fingerprint density at radius 3 is 2.73 bits per heavy atom. The van der Waals surface area contributed by atoms with Crippen LogP contribution in [0.2, 0.25) is 0 Å². The third-order valence-electron chi connectivity index (χ3n) is 4.74. The Labute approximate surface area is 198 Å². The van der Waals surface area contributed by atoms with Crippen LogP contribution < -0.4 is 16.0 Å². The topological polar surface area (TPSA) is 105 Å². The van der Waals surface area contributed by atoms with Crippen molar-refractivity contribution in [3.63, 3.8) is 0 Å². The molecule has 4 aromatic rings. The van der Waals surface area contributed by atoms with Crippen molar-refractivity contribution in [3.05, 3.63) is 63.9 Å². The molecule has 1 atom stereocenters. The normalized spacial score (nSPS) is 11.4. The van der Waals surface area contributed by atoms with Crippen LogP contribution >= 0.6 is 22.7 Å². The molecule has 0 saturated carbocycles. The summed E-state index contributed by atoms with van der Waals surface area (Å²) in [4.78, 5) is 32.6. The molecule has 2 aromatic heterocycles. The van der Waals surface area contributed by atoms with Crippen molar-refractivity contribution in [1.29, 1.82) is 0 Å². The summed E-state index contributed by atoms with van der Waals surface area (Å²) in [5.41, 5.74) is 5.65. The lowest BCUT2D eigenvalue weighted by atomic mass is 10.0. The Morgan fingerprint density at radius 2 is 2.00 bits per heavy atom. The van der Waals surface area contributed by atoms with Crippen LogP contribution in [0, 0.1) is 12.3 Å². The number of alkyl carbamates (subject to hydrolysis) is 1. The molecular weight excluding hydrogens is 458 g/mol. The average Bonchev–Trinajstić information content (AvgIpc) is 3.50. The Kier molecular flexibility index (Phi) is 6.83. The van der Waals surface area contributed by atoms with Crippen LogP contribution in [0.25, 0.3) is 21.3 Å². The van der Waals surface area contributed by atoms with Gasteiger partial charge in [0.05, 0.1) is 21.8 Å². The van der Waals surface area contributed by atoms with E-state index >= 15 is 0 Å². The Balaban J connectivity index is 1.53. The van der Waals surface area contributed by atoms with Gasteiger partial charge in [-0.25, -0.2) is 19.6 Å². The number of benzene rings is 2. The van der Waals surface area contributed by atoms with E-state index in [9.17, 15) is 9.59 Å². The summed E-state index contributed by atoms with van der Waals surface area (Å²) in [6.45, 7) is -0.0520. The monoisotopic (exact) mass is 477 g/mol. The number of amides is 3. The van der Waals surface area contributed by atoms with Crippen molar-refractivity contribution in [3.8, 4) is 23.5 Å². The second kappa shape index (κ2) is 10.1. The zero-order valence-electron chi connectivity index (χ0n) is 17.5. The van der Waals surface area contributed by atoms with Gasteiger partial charge in [-0.1, -0.05) is 36.4 Å². The number of hydrogen-bond acceptors (Lipinski definition) is 7. The Morgan fingerprint density at radius 1 is 1.18 bits per heavy atom. The molecule has 0 fully saturated rings. The molecule has 0 unspecified atom stereocenters. The van der Waals surface area contributed by atoms with Gasteiger partial charge in [-0.05, 0) is 23.1 Å². The number of urea groups is 1. The average molecular weight is 478 g/mol. The zero-order valence-corrected chi connectivity index (χ0v) is 19.1. The molecule has 2 heterocycles. The predicted molar refractivity (Wildman–Crippen MR) is 130 cm³/mol. The Bertz CT molecular complexity index is 1320. The van der Waals surface area contributed by atoms with Crippen LogP contribution in [0.5, 0.6) is 0 Å². The molecule has 0 aliphatic rings. The van der Waals surface area contributed by atoms with E-state index < -0.39 is 18.2 Å². The number of ether oxygens (including phenoxy) is 1. The molecule has 4 rings (SSSR count). The van der Waals surface area contributed by atoms with E-state index in [1.165, 1.54) is 18.4 Å². The highest BCUT2D eigenvalue weighted by Gasteiger charge is 2.18. The molecule has 0 aliphatic carbocycles. The number of anilines is 1. The zero-order chi connectivity index (χ0) is 23.2. The number of terminal acetylenes is 1. The first-order valence-electron chi connectivity index (χ1n) is 9.84. The lowest BCUT2D eigenvalue weighted by molar-refractivity contribution is 0.136. The first-order chi connectivity index (χ1) is 16.1. The maximum absolute atomic E-state index is 12.5. The molecule has 8 nitrogen and oxygen atoms in total. The summed E-state index contributed by atoms with van der Waals surface area (Å²) in [6.07, 6.45) is 4.73. The summed E-state index contributed by atoms with van der Waals surface area (Å²) in [5.74, 6) is 2.77. The first-order valence-corrected chi connectivity index (χ1v) is 11.6. The van der Waals surface area contributed by atoms with Gasteiger partial charge in [-0.2, -0.15) is 0 Å². The largest absolute Gasteiger partial charge is 0.447 e. The van der Waals surface area contributed by atoms with Crippen LogP contribution in [0.4, 0.5) is 15.4 Å². The quantitative estimate of drug-likeness (QED) is 0.352. The van der Waals surface area contributed by atoms with Crippen molar-refractivity contribution in [2.45, 2.75) is 6.04 Å². The molecule has 0 saturated heterocycles. The van der Waals surface area contributed by atoms with E-state index in [-0.39, 0.29) is 6.61 Å². The maximum atomic E-state index is 12.5. The number of fused-ring (bicyclic) bond motifs is 1. The summed E-state index contributed by atoms with van der Waals surface area (Å²) in [6, 6.07) is 12.7. The van der Waals surface area contributed by atoms with Crippen molar-refractivity contribution in [2.24, 2.45) is 0 Å². The highest BCUT2D eigenvalue weighted by atomic mass is 32.1. The SMILES string of the molecule is C#Cc1nc(NC(=O)N[C@@H](COC(=O)NC)c2ccc(-c3cccc4ncsc34)cc2)cs1. The van der Waals surface area contributed by atoms with E-state index in [1.807, 2.05) is 48.0 Å². The third-order valence-corrected chi connectivity index (χ3v) is 6.39. The number of carbonyl (C=O) groups is 2. The van der Waals surface area contributed by atoms with Crippen molar-refractivity contribution in [1.82, 2.24) is 20.6 Å². The van der Waals surface area contributed by atoms with E-state index in [4.69, 9.17) is 11.2 Å². The molecule has 33 heavy (non-hydrogen) atoms. The lowest BCUT2D eigenvalue weighted by Gasteiger charge is -2.19. The minimum atomic E-state index is -0.589. The van der Waals surface area contributed by atoms with Gasteiger partial charge in [0.15, 0.2) is 5.01 Å². The molecular formula is C23H19N5O3S2. The minimum Gasteiger partial charge on any atom is -0.447 e. The van der Waals surface area contributed by atoms with Crippen molar-refractivity contribution >= 4 is 50.8 Å². The van der Waals surface area contributed by atoms with Crippen LogP contribution in [0.1, 0.15) is 16.6 Å². The molecule has 0 spiro atoms. The summed E-state index contributed by atoms with van der Waals surface area (Å²) < 4.78 is 6.31. The minimum absolute atomic E-state index is 0.0520. The van der Waals surface area contributed by atoms with Crippen LogP contribution in [-0.2, 0) is 4.74 Å². The molecule has 3 N–H and O–H groups in total. The molecule has 10 heteroatoms. The summed E-state index contributed by atoms with van der Waals surface area (Å²) >= 11 is 2.84. The third kappa shape index (κ3) is 5.28. The molecule has 0 aliphatic heterocycles. The van der Waals surface area contributed by atoms with Crippen LogP contribution in [0.15, 0.2) is 53.4 Å². The number of nitrogens with zero attached hydrogens (tertiary/aromatic N) is 2. The van der Waals surface area contributed by atoms with Gasteiger partial charge >= 0.3 is 12.1 Å². The highest BCUT2D eigenvalue weighted by Crippen LogP contribution is 2.31. The van der Waals surface area contributed by atoms with E-state index in [1.54, 1.807) is 16.7 Å². The highest BCUT2D eigenvalue weighted by molar-refractivity contribution is 7.17. The standard InChI is InChI=1S/C23H19N5O3S2/c1-3-20-27-19(12-32-20)28-22(29)26-18(11-31-23(30)24-2)15-9-7-14(8-10-15)16-5-4-6-17-21(16)33-13-25-17/h1,4-10,12-13,18H,11H2,2H3,(H,24,30)(H2,26,28,29)/t18-/m0/s1. The fourth-order valence-corrected chi connectivity index (χ4v) is 4.55. The summed E-state index contributed by atoms with van der Waals surface area (Å²) in [7, 11) is 1.47. The smallest absolute Gasteiger partial charge is 0.406 e. The van der Waals surface area contributed by atoms with Gasteiger partial charge in [0, 0.05) is 18.0 Å². The van der Waals surface area contributed by atoms with E-state index in [0.29, 0.717) is 10.8 Å². The van der Waals surface area contributed by atoms with Gasteiger partial charge in [-0.3, -0.25) is 5.32 Å². The second-order valence-electron chi connectivity index (χ2n) is 6.81. The number of hydrogen-bond donors (Lipinski definition) is 3.